The number of rotatable bonds is 8. The number of carbonyl (C=O) groups excluding carboxylic acids is 1. The lowest BCUT2D eigenvalue weighted by Crippen LogP contribution is -2.32. The van der Waals surface area contributed by atoms with Gasteiger partial charge in [0, 0.05) is 35.8 Å². The number of nitrogens with zero attached hydrogens (tertiary/aromatic N) is 2. The van der Waals surface area contributed by atoms with Crippen molar-refractivity contribution in [1.29, 1.82) is 0 Å². The maximum absolute atomic E-state index is 12.2. The minimum Gasteiger partial charge on any atom is -0.326 e. The summed E-state index contributed by atoms with van der Waals surface area (Å²) in [5.41, 5.74) is 1.16. The summed E-state index contributed by atoms with van der Waals surface area (Å²) in [6.45, 7) is 1.69. The van der Waals surface area contributed by atoms with E-state index >= 15 is 0 Å². The van der Waals surface area contributed by atoms with Crippen LogP contribution in [0.2, 0.25) is 5.02 Å². The zero-order valence-corrected chi connectivity index (χ0v) is 17.0. The van der Waals surface area contributed by atoms with Gasteiger partial charge in [0.15, 0.2) is 0 Å². The fraction of sp³-hybridized carbons (Fsp3) is 0.278. The first kappa shape index (κ1) is 21.6. The van der Waals surface area contributed by atoms with E-state index in [2.05, 4.69) is 5.32 Å². The van der Waals surface area contributed by atoms with Crippen molar-refractivity contribution < 1.29 is 18.1 Å². The molecule has 0 heterocycles. The molecule has 0 saturated heterocycles. The van der Waals surface area contributed by atoms with Crippen LogP contribution in [0.5, 0.6) is 0 Å². The number of sulfonamides is 1. The molecule has 2 aromatic carbocycles. The lowest BCUT2D eigenvalue weighted by Gasteiger charge is -2.24. The zero-order valence-electron chi connectivity index (χ0n) is 15.4. The lowest BCUT2D eigenvalue weighted by atomic mass is 10.1. The van der Waals surface area contributed by atoms with Gasteiger partial charge in [0.2, 0.25) is 15.9 Å². The van der Waals surface area contributed by atoms with E-state index in [-0.39, 0.29) is 36.7 Å². The molecule has 0 bridgehead atoms. The Morgan fingerprint density at radius 1 is 1.25 bits per heavy atom. The van der Waals surface area contributed by atoms with Crippen molar-refractivity contribution >= 4 is 44.6 Å². The van der Waals surface area contributed by atoms with Crippen LogP contribution in [0.25, 0.3) is 0 Å². The predicted molar refractivity (Wildman–Crippen MR) is 109 cm³/mol. The molecule has 0 saturated carbocycles. The number of aryl methyl sites for hydroxylation is 1. The number of nitro groups is 1. The lowest BCUT2D eigenvalue weighted by molar-refractivity contribution is -0.384. The number of nitrogens with one attached hydrogen (secondary N) is 1. The topological polar surface area (TPSA) is 110 Å². The van der Waals surface area contributed by atoms with Crippen LogP contribution < -0.4 is 9.62 Å². The quantitative estimate of drug-likeness (QED) is 0.511. The molecule has 0 fully saturated rings. The van der Waals surface area contributed by atoms with Crippen LogP contribution in [0, 0.1) is 17.0 Å². The number of nitro benzene ring substituents is 1. The molecule has 0 radical (unpaired) electrons. The van der Waals surface area contributed by atoms with Gasteiger partial charge in [-0.1, -0.05) is 23.7 Å². The Bertz CT molecular complexity index is 994. The average Bonchev–Trinajstić information content (AvgIpc) is 2.58. The molecule has 0 aromatic heterocycles. The first-order chi connectivity index (χ1) is 13.1. The highest BCUT2D eigenvalue weighted by atomic mass is 35.5. The molecule has 0 atom stereocenters. The van der Waals surface area contributed by atoms with E-state index in [1.165, 1.54) is 18.2 Å². The van der Waals surface area contributed by atoms with Gasteiger partial charge >= 0.3 is 0 Å². The van der Waals surface area contributed by atoms with Gasteiger partial charge in [-0.25, -0.2) is 8.42 Å². The second kappa shape index (κ2) is 9.03. The molecule has 0 unspecified atom stereocenters. The number of hydrogen-bond acceptors (Lipinski definition) is 5. The van der Waals surface area contributed by atoms with E-state index in [9.17, 15) is 23.3 Å². The molecule has 2 rings (SSSR count). The maximum Gasteiger partial charge on any atom is 0.271 e. The highest BCUT2D eigenvalue weighted by Gasteiger charge is 2.22. The number of anilines is 2. The van der Waals surface area contributed by atoms with Crippen molar-refractivity contribution in [3.05, 3.63) is 63.2 Å². The molecule has 1 N–H and O–H groups in total. The Morgan fingerprint density at radius 2 is 1.96 bits per heavy atom. The third-order valence-electron chi connectivity index (χ3n) is 3.95. The second-order valence-electron chi connectivity index (χ2n) is 6.23. The monoisotopic (exact) mass is 425 g/mol. The standard InChI is InChI=1S/C18H20ClN3O5S/c1-13-8-9-16(22(24)25)12-17(13)21(28(2,26)27)10-4-7-18(23)20-15-6-3-5-14(19)11-15/h3,5-6,8-9,11-12H,4,7,10H2,1-2H3,(H,20,23). The van der Waals surface area contributed by atoms with Crippen molar-refractivity contribution in [1.82, 2.24) is 0 Å². The van der Waals surface area contributed by atoms with Crippen LogP contribution in [0.3, 0.4) is 0 Å². The largest absolute Gasteiger partial charge is 0.326 e. The first-order valence-corrected chi connectivity index (χ1v) is 10.6. The number of amides is 1. The van der Waals surface area contributed by atoms with Gasteiger partial charge in [-0.15, -0.1) is 0 Å². The van der Waals surface area contributed by atoms with Crippen molar-refractivity contribution in [3.63, 3.8) is 0 Å². The molecule has 0 aliphatic carbocycles. The SMILES string of the molecule is Cc1ccc([N+](=O)[O-])cc1N(CCCC(=O)Nc1cccc(Cl)c1)S(C)(=O)=O. The van der Waals surface area contributed by atoms with E-state index in [1.807, 2.05) is 0 Å². The van der Waals surface area contributed by atoms with Crippen molar-refractivity contribution in [2.75, 3.05) is 22.4 Å². The summed E-state index contributed by atoms with van der Waals surface area (Å²) in [5, 5.41) is 14.2. The third-order valence-corrected chi connectivity index (χ3v) is 5.36. The Labute approximate surface area is 168 Å². The fourth-order valence-electron chi connectivity index (χ4n) is 2.62. The fourth-order valence-corrected chi connectivity index (χ4v) is 3.82. The molecular formula is C18H20ClN3O5S. The van der Waals surface area contributed by atoms with E-state index < -0.39 is 14.9 Å². The maximum atomic E-state index is 12.2. The zero-order chi connectivity index (χ0) is 20.9. The van der Waals surface area contributed by atoms with Crippen LogP contribution >= 0.6 is 11.6 Å². The molecule has 150 valence electrons. The van der Waals surface area contributed by atoms with Gasteiger partial charge in [-0.05, 0) is 37.1 Å². The summed E-state index contributed by atoms with van der Waals surface area (Å²) in [6, 6.07) is 10.7. The molecule has 0 aliphatic rings. The summed E-state index contributed by atoms with van der Waals surface area (Å²) in [4.78, 5) is 22.5. The Kier molecular flexibility index (Phi) is 6.98. The van der Waals surface area contributed by atoms with Crippen LogP contribution in [0.15, 0.2) is 42.5 Å². The van der Waals surface area contributed by atoms with Crippen LogP contribution in [-0.4, -0.2) is 32.0 Å². The summed E-state index contributed by atoms with van der Waals surface area (Å²) < 4.78 is 25.5. The molecule has 10 heteroatoms. The molecule has 2 aromatic rings. The van der Waals surface area contributed by atoms with E-state index in [0.29, 0.717) is 16.3 Å². The number of carbonyl (C=O) groups is 1. The number of hydrogen-bond donors (Lipinski definition) is 1. The molecule has 0 spiro atoms. The molecule has 1 amide bonds. The molecule has 0 aliphatic heterocycles. The minimum absolute atomic E-state index is 0.0177. The van der Waals surface area contributed by atoms with E-state index in [1.54, 1.807) is 31.2 Å². The van der Waals surface area contributed by atoms with Crippen molar-refractivity contribution in [2.45, 2.75) is 19.8 Å². The molecule has 8 nitrogen and oxygen atoms in total. The Balaban J connectivity index is 2.09. The van der Waals surface area contributed by atoms with Gasteiger partial charge in [0.1, 0.15) is 0 Å². The van der Waals surface area contributed by atoms with E-state index in [4.69, 9.17) is 11.6 Å². The number of halogens is 1. The van der Waals surface area contributed by atoms with Gasteiger partial charge in [0.05, 0.1) is 16.9 Å². The second-order valence-corrected chi connectivity index (χ2v) is 8.57. The highest BCUT2D eigenvalue weighted by Crippen LogP contribution is 2.27. The Morgan fingerprint density at radius 3 is 2.57 bits per heavy atom. The van der Waals surface area contributed by atoms with Gasteiger partial charge in [-0.3, -0.25) is 19.2 Å². The normalized spacial score (nSPS) is 11.1. The van der Waals surface area contributed by atoms with Crippen molar-refractivity contribution in [2.24, 2.45) is 0 Å². The van der Waals surface area contributed by atoms with Crippen LogP contribution in [0.4, 0.5) is 17.1 Å². The number of non-ortho nitro benzene ring substituents is 1. The van der Waals surface area contributed by atoms with Crippen LogP contribution in [-0.2, 0) is 14.8 Å². The predicted octanol–water partition coefficient (Wildman–Crippen LogP) is 3.74. The van der Waals surface area contributed by atoms with E-state index in [0.717, 1.165) is 10.6 Å². The summed E-state index contributed by atoms with van der Waals surface area (Å²) in [7, 11) is -3.68. The van der Waals surface area contributed by atoms with Crippen LogP contribution in [0.1, 0.15) is 18.4 Å². The van der Waals surface area contributed by atoms with Gasteiger partial charge in [0.25, 0.3) is 5.69 Å². The van der Waals surface area contributed by atoms with Gasteiger partial charge in [-0.2, -0.15) is 0 Å². The highest BCUT2D eigenvalue weighted by molar-refractivity contribution is 7.92. The summed E-state index contributed by atoms with van der Waals surface area (Å²) in [5.74, 6) is -0.286. The third kappa shape index (κ3) is 5.93. The average molecular weight is 426 g/mol. The number of benzene rings is 2. The summed E-state index contributed by atoms with van der Waals surface area (Å²) >= 11 is 5.87. The Hall–Kier alpha value is -2.65. The first-order valence-electron chi connectivity index (χ1n) is 8.36. The molecular weight excluding hydrogens is 406 g/mol. The smallest absolute Gasteiger partial charge is 0.271 e. The summed E-state index contributed by atoms with van der Waals surface area (Å²) in [6.07, 6.45) is 1.34. The minimum atomic E-state index is -3.68. The van der Waals surface area contributed by atoms with Crippen molar-refractivity contribution in [3.8, 4) is 0 Å². The van der Waals surface area contributed by atoms with Gasteiger partial charge < -0.3 is 5.32 Å². The molecule has 28 heavy (non-hydrogen) atoms.